The van der Waals surface area contributed by atoms with Crippen LogP contribution in [0.3, 0.4) is 0 Å². The first kappa shape index (κ1) is 15.9. The van der Waals surface area contributed by atoms with E-state index in [4.69, 9.17) is 16.3 Å². The van der Waals surface area contributed by atoms with Crippen LogP contribution in [0.2, 0.25) is 4.34 Å². The first-order chi connectivity index (χ1) is 9.95. The van der Waals surface area contributed by atoms with Crippen molar-refractivity contribution in [2.24, 2.45) is 0 Å². The molecule has 0 fully saturated rings. The van der Waals surface area contributed by atoms with E-state index in [9.17, 15) is 4.79 Å². The first-order valence-corrected chi connectivity index (χ1v) is 7.90. The highest BCUT2D eigenvalue weighted by molar-refractivity contribution is 7.16. The maximum absolute atomic E-state index is 11.9. The largest absolute Gasteiger partial charge is 0.484 e. The van der Waals surface area contributed by atoms with Crippen molar-refractivity contribution in [3.05, 3.63) is 50.7 Å². The van der Waals surface area contributed by atoms with Gasteiger partial charge in [-0.05, 0) is 56.2 Å². The number of nitrogens with one attached hydrogen (secondary N) is 1. The third kappa shape index (κ3) is 4.48. The monoisotopic (exact) mass is 323 g/mol. The summed E-state index contributed by atoms with van der Waals surface area (Å²) < 4.78 is 6.23. The number of aryl methyl sites for hydroxylation is 2. The van der Waals surface area contributed by atoms with Crippen molar-refractivity contribution in [3.63, 3.8) is 0 Å². The second-order valence-electron chi connectivity index (χ2n) is 4.97. The van der Waals surface area contributed by atoms with E-state index >= 15 is 0 Å². The number of benzene rings is 1. The molecule has 112 valence electrons. The molecule has 0 spiro atoms. The van der Waals surface area contributed by atoms with Gasteiger partial charge >= 0.3 is 0 Å². The predicted octanol–water partition coefficient (Wildman–Crippen LogP) is 4.27. The van der Waals surface area contributed by atoms with Gasteiger partial charge in [-0.2, -0.15) is 0 Å². The predicted molar refractivity (Wildman–Crippen MR) is 87.3 cm³/mol. The summed E-state index contributed by atoms with van der Waals surface area (Å²) in [5, 5.41) is 2.89. The second-order valence-corrected chi connectivity index (χ2v) is 6.71. The van der Waals surface area contributed by atoms with Crippen LogP contribution in [0.4, 0.5) is 0 Å². The van der Waals surface area contributed by atoms with Gasteiger partial charge in [-0.15, -0.1) is 11.3 Å². The standard InChI is InChI=1S/C16H18ClNO2S/c1-10-4-5-13(8-11(10)2)20-9-16(19)18-12(3)14-6-7-15(17)21-14/h4-8,12H,9H2,1-3H3,(H,18,19). The first-order valence-electron chi connectivity index (χ1n) is 6.70. The summed E-state index contributed by atoms with van der Waals surface area (Å²) in [5.41, 5.74) is 2.35. The Bertz CT molecular complexity index is 639. The van der Waals surface area contributed by atoms with Crippen molar-refractivity contribution < 1.29 is 9.53 Å². The number of rotatable bonds is 5. The fraction of sp³-hybridized carbons (Fsp3) is 0.312. The molecule has 0 bridgehead atoms. The lowest BCUT2D eigenvalue weighted by atomic mass is 10.1. The van der Waals surface area contributed by atoms with Crippen molar-refractivity contribution in [1.82, 2.24) is 5.32 Å². The quantitative estimate of drug-likeness (QED) is 0.892. The minimum Gasteiger partial charge on any atom is -0.484 e. The molecule has 0 saturated carbocycles. The molecule has 1 heterocycles. The molecule has 21 heavy (non-hydrogen) atoms. The number of hydrogen-bond acceptors (Lipinski definition) is 3. The zero-order valence-corrected chi connectivity index (χ0v) is 13.8. The van der Waals surface area contributed by atoms with E-state index in [1.165, 1.54) is 16.9 Å². The average Bonchev–Trinajstić information content (AvgIpc) is 2.87. The van der Waals surface area contributed by atoms with E-state index in [2.05, 4.69) is 5.32 Å². The number of carbonyl (C=O) groups excluding carboxylic acids is 1. The maximum Gasteiger partial charge on any atom is 0.258 e. The second kappa shape index (κ2) is 6.96. The van der Waals surface area contributed by atoms with Crippen molar-refractivity contribution in [1.29, 1.82) is 0 Å². The van der Waals surface area contributed by atoms with Gasteiger partial charge in [0, 0.05) is 4.88 Å². The van der Waals surface area contributed by atoms with Crippen molar-refractivity contribution in [2.45, 2.75) is 26.8 Å². The summed E-state index contributed by atoms with van der Waals surface area (Å²) in [6.45, 7) is 5.99. The number of carbonyl (C=O) groups is 1. The van der Waals surface area contributed by atoms with E-state index in [-0.39, 0.29) is 18.6 Å². The molecule has 2 rings (SSSR count). The molecule has 0 aliphatic carbocycles. The van der Waals surface area contributed by atoms with E-state index in [1.54, 1.807) is 0 Å². The van der Waals surface area contributed by atoms with Crippen LogP contribution in [0, 0.1) is 13.8 Å². The molecule has 3 nitrogen and oxygen atoms in total. The number of hydrogen-bond donors (Lipinski definition) is 1. The van der Waals surface area contributed by atoms with Crippen molar-refractivity contribution in [3.8, 4) is 5.75 Å². The molecule has 1 amide bonds. The number of ether oxygens (including phenoxy) is 1. The number of halogens is 1. The van der Waals surface area contributed by atoms with E-state index in [0.29, 0.717) is 5.75 Å². The van der Waals surface area contributed by atoms with Crippen LogP contribution in [0.5, 0.6) is 5.75 Å². The zero-order chi connectivity index (χ0) is 15.4. The smallest absolute Gasteiger partial charge is 0.258 e. The molecule has 5 heteroatoms. The average molecular weight is 324 g/mol. The third-order valence-electron chi connectivity index (χ3n) is 3.25. The summed E-state index contributed by atoms with van der Waals surface area (Å²) in [4.78, 5) is 12.9. The highest BCUT2D eigenvalue weighted by Gasteiger charge is 2.12. The Kier molecular flexibility index (Phi) is 5.26. The maximum atomic E-state index is 11.9. The lowest BCUT2D eigenvalue weighted by Crippen LogP contribution is -2.30. The molecule has 0 aliphatic heterocycles. The van der Waals surface area contributed by atoms with Crippen LogP contribution in [0.15, 0.2) is 30.3 Å². The Hall–Kier alpha value is -1.52. The minimum absolute atomic E-state index is 0.00590. The summed E-state index contributed by atoms with van der Waals surface area (Å²) >= 11 is 7.36. The van der Waals surface area contributed by atoms with Crippen LogP contribution in [0.25, 0.3) is 0 Å². The van der Waals surface area contributed by atoms with Gasteiger partial charge in [-0.1, -0.05) is 17.7 Å². The van der Waals surface area contributed by atoms with Crippen LogP contribution in [-0.2, 0) is 4.79 Å². The van der Waals surface area contributed by atoms with Crippen LogP contribution in [-0.4, -0.2) is 12.5 Å². The SMILES string of the molecule is Cc1ccc(OCC(=O)NC(C)c2ccc(Cl)s2)cc1C. The van der Waals surface area contributed by atoms with E-state index in [1.807, 2.05) is 51.1 Å². The van der Waals surface area contributed by atoms with Crippen molar-refractivity contribution >= 4 is 28.8 Å². The fourth-order valence-electron chi connectivity index (χ4n) is 1.87. The van der Waals surface area contributed by atoms with Gasteiger partial charge in [0.2, 0.25) is 0 Å². The Balaban J connectivity index is 1.85. The summed E-state index contributed by atoms with van der Waals surface area (Å²) in [5.74, 6) is 0.560. The summed E-state index contributed by atoms with van der Waals surface area (Å²) in [6.07, 6.45) is 0. The molecule has 2 aromatic rings. The molecule has 0 aliphatic rings. The highest BCUT2D eigenvalue weighted by atomic mass is 35.5. The summed E-state index contributed by atoms with van der Waals surface area (Å²) in [7, 11) is 0. The third-order valence-corrected chi connectivity index (χ3v) is 4.66. The lowest BCUT2D eigenvalue weighted by molar-refractivity contribution is -0.123. The Morgan fingerprint density at radius 2 is 2.05 bits per heavy atom. The Labute approximate surface area is 133 Å². The van der Waals surface area contributed by atoms with E-state index in [0.717, 1.165) is 14.8 Å². The lowest BCUT2D eigenvalue weighted by Gasteiger charge is -2.13. The molecule has 1 N–H and O–H groups in total. The van der Waals surface area contributed by atoms with Gasteiger partial charge in [-0.25, -0.2) is 0 Å². The van der Waals surface area contributed by atoms with Gasteiger partial charge in [0.1, 0.15) is 5.75 Å². The molecule has 1 unspecified atom stereocenters. The molecule has 1 aromatic carbocycles. The van der Waals surface area contributed by atoms with Gasteiger partial charge in [0.05, 0.1) is 10.4 Å². The highest BCUT2D eigenvalue weighted by Crippen LogP contribution is 2.26. The minimum atomic E-state index is -0.148. The fourth-order valence-corrected chi connectivity index (χ4v) is 2.93. The van der Waals surface area contributed by atoms with Crippen LogP contribution in [0.1, 0.15) is 29.0 Å². The Morgan fingerprint density at radius 1 is 1.29 bits per heavy atom. The molecule has 0 radical (unpaired) electrons. The number of thiophene rings is 1. The topological polar surface area (TPSA) is 38.3 Å². The molecular formula is C16H18ClNO2S. The Morgan fingerprint density at radius 3 is 2.67 bits per heavy atom. The van der Waals surface area contributed by atoms with Gasteiger partial charge in [0.15, 0.2) is 6.61 Å². The van der Waals surface area contributed by atoms with Crippen molar-refractivity contribution in [2.75, 3.05) is 6.61 Å². The van der Waals surface area contributed by atoms with Gasteiger partial charge in [0.25, 0.3) is 5.91 Å². The van der Waals surface area contributed by atoms with Crippen LogP contribution < -0.4 is 10.1 Å². The van der Waals surface area contributed by atoms with Gasteiger partial charge in [-0.3, -0.25) is 4.79 Å². The molecule has 0 saturated heterocycles. The number of amides is 1. The zero-order valence-electron chi connectivity index (χ0n) is 12.3. The molecule has 1 atom stereocenters. The summed E-state index contributed by atoms with van der Waals surface area (Å²) in [6, 6.07) is 9.47. The van der Waals surface area contributed by atoms with Gasteiger partial charge < -0.3 is 10.1 Å². The normalized spacial score (nSPS) is 12.0. The van der Waals surface area contributed by atoms with E-state index < -0.39 is 0 Å². The van der Waals surface area contributed by atoms with Crippen LogP contribution >= 0.6 is 22.9 Å². The molecule has 1 aromatic heterocycles. The molecular weight excluding hydrogens is 306 g/mol.